The number of rotatable bonds is 4. The van der Waals surface area contributed by atoms with Crippen molar-refractivity contribution in [3.63, 3.8) is 0 Å². The van der Waals surface area contributed by atoms with Crippen LogP contribution in [0.25, 0.3) is 0 Å². The van der Waals surface area contributed by atoms with Crippen molar-refractivity contribution >= 4 is 18.1 Å². The van der Waals surface area contributed by atoms with Gasteiger partial charge in [0.15, 0.2) is 5.75 Å². The molecule has 15 heavy (non-hydrogen) atoms. The number of nitro benzene ring substituents is 1. The number of hydrogen-bond donors (Lipinski definition) is 1. The first kappa shape index (κ1) is 13.7. The van der Waals surface area contributed by atoms with E-state index in [9.17, 15) is 10.1 Å². The molecule has 0 spiro atoms. The molecule has 0 amide bonds. The zero-order chi connectivity index (χ0) is 10.6. The Hall–Kier alpha value is -1.33. The molecule has 0 radical (unpaired) electrons. The van der Waals surface area contributed by atoms with E-state index >= 15 is 0 Å². The molecule has 1 aromatic carbocycles. The Morgan fingerprint density at radius 3 is 2.73 bits per heavy atom. The van der Waals surface area contributed by atoms with Gasteiger partial charge < -0.3 is 10.5 Å². The first-order chi connectivity index (χ1) is 6.66. The van der Waals surface area contributed by atoms with Gasteiger partial charge in [0.05, 0.1) is 4.92 Å². The highest BCUT2D eigenvalue weighted by molar-refractivity contribution is 5.85. The number of para-hydroxylation sites is 1. The Morgan fingerprint density at radius 1 is 1.53 bits per heavy atom. The van der Waals surface area contributed by atoms with E-state index in [-0.39, 0.29) is 24.7 Å². The number of nitro groups is 1. The first-order valence-electron chi connectivity index (χ1n) is 4.23. The molecule has 0 fully saturated rings. The van der Waals surface area contributed by atoms with Crippen LogP contribution in [0, 0.1) is 17.0 Å². The number of hydrogen-bond acceptors (Lipinski definition) is 4. The van der Waals surface area contributed by atoms with Gasteiger partial charge in [0, 0.05) is 12.6 Å². The van der Waals surface area contributed by atoms with Crippen LogP contribution in [0.1, 0.15) is 5.56 Å². The maximum Gasteiger partial charge on any atom is 0.311 e. The topological polar surface area (TPSA) is 78.4 Å². The summed E-state index contributed by atoms with van der Waals surface area (Å²) < 4.78 is 5.21. The zero-order valence-electron chi connectivity index (χ0n) is 8.30. The van der Waals surface area contributed by atoms with Gasteiger partial charge in [-0.1, -0.05) is 12.1 Å². The summed E-state index contributed by atoms with van der Waals surface area (Å²) in [5.74, 6) is 0.308. The lowest BCUT2D eigenvalue weighted by molar-refractivity contribution is -0.385. The lowest BCUT2D eigenvalue weighted by Gasteiger charge is -2.07. The lowest BCUT2D eigenvalue weighted by Crippen LogP contribution is -2.12. The van der Waals surface area contributed by atoms with Crippen molar-refractivity contribution in [3.05, 3.63) is 33.9 Å². The van der Waals surface area contributed by atoms with Crippen LogP contribution in [0.4, 0.5) is 5.69 Å². The molecule has 0 bridgehead atoms. The van der Waals surface area contributed by atoms with Crippen LogP contribution >= 0.6 is 12.4 Å². The van der Waals surface area contributed by atoms with Crippen molar-refractivity contribution < 1.29 is 9.66 Å². The van der Waals surface area contributed by atoms with Crippen LogP contribution in [-0.2, 0) is 0 Å². The summed E-state index contributed by atoms with van der Waals surface area (Å²) in [6.07, 6.45) is 0. The highest BCUT2D eigenvalue weighted by atomic mass is 35.5. The summed E-state index contributed by atoms with van der Waals surface area (Å²) >= 11 is 0. The number of nitrogens with zero attached hydrogens (tertiary/aromatic N) is 1. The van der Waals surface area contributed by atoms with Crippen molar-refractivity contribution in [1.82, 2.24) is 0 Å². The van der Waals surface area contributed by atoms with Crippen LogP contribution in [0.2, 0.25) is 0 Å². The van der Waals surface area contributed by atoms with E-state index in [1.807, 2.05) is 0 Å². The molecule has 0 saturated heterocycles. The molecule has 0 saturated carbocycles. The standard InChI is InChI=1S/C9H12N2O3.ClH/c1-7-3-2-4-8(11(12)13)9(7)14-6-5-10;/h2-4H,5-6,10H2,1H3;1H. The minimum Gasteiger partial charge on any atom is -0.485 e. The van der Waals surface area contributed by atoms with E-state index in [1.165, 1.54) is 6.07 Å². The van der Waals surface area contributed by atoms with Crippen LogP contribution < -0.4 is 10.5 Å². The smallest absolute Gasteiger partial charge is 0.311 e. The summed E-state index contributed by atoms with van der Waals surface area (Å²) in [7, 11) is 0. The Labute approximate surface area is 93.8 Å². The van der Waals surface area contributed by atoms with Crippen molar-refractivity contribution in [2.75, 3.05) is 13.2 Å². The molecule has 0 aliphatic carbocycles. The van der Waals surface area contributed by atoms with Gasteiger partial charge in [-0.05, 0) is 12.5 Å². The molecule has 6 heteroatoms. The maximum absolute atomic E-state index is 10.6. The van der Waals surface area contributed by atoms with Gasteiger partial charge in [0.2, 0.25) is 0 Å². The van der Waals surface area contributed by atoms with Gasteiger partial charge in [-0.3, -0.25) is 10.1 Å². The molecular weight excluding hydrogens is 220 g/mol. The van der Waals surface area contributed by atoms with Crippen molar-refractivity contribution in [2.24, 2.45) is 5.73 Å². The van der Waals surface area contributed by atoms with Gasteiger partial charge in [-0.2, -0.15) is 0 Å². The Morgan fingerprint density at radius 2 is 2.20 bits per heavy atom. The van der Waals surface area contributed by atoms with Crippen LogP contribution in [0.5, 0.6) is 5.75 Å². The third-order valence-electron chi connectivity index (χ3n) is 1.75. The fourth-order valence-electron chi connectivity index (χ4n) is 1.13. The van der Waals surface area contributed by atoms with Crippen molar-refractivity contribution in [2.45, 2.75) is 6.92 Å². The lowest BCUT2D eigenvalue weighted by atomic mass is 10.2. The average Bonchev–Trinajstić information content (AvgIpc) is 2.15. The zero-order valence-corrected chi connectivity index (χ0v) is 9.12. The summed E-state index contributed by atoms with van der Waals surface area (Å²) in [6.45, 7) is 2.38. The number of ether oxygens (including phenoxy) is 1. The maximum atomic E-state index is 10.6. The Bertz CT molecular complexity index is 344. The second-order valence-corrected chi connectivity index (χ2v) is 2.82. The summed E-state index contributed by atoms with van der Waals surface area (Å²) in [5, 5.41) is 10.6. The molecule has 0 aliphatic rings. The molecule has 1 rings (SSSR count). The highest BCUT2D eigenvalue weighted by Crippen LogP contribution is 2.29. The van der Waals surface area contributed by atoms with Gasteiger partial charge >= 0.3 is 5.69 Å². The quantitative estimate of drug-likeness (QED) is 0.633. The van der Waals surface area contributed by atoms with E-state index < -0.39 is 4.92 Å². The van der Waals surface area contributed by atoms with Gasteiger partial charge in [-0.15, -0.1) is 12.4 Å². The van der Waals surface area contributed by atoms with Crippen LogP contribution in [-0.4, -0.2) is 18.1 Å². The second kappa shape index (κ2) is 6.21. The molecule has 1 aromatic rings. The molecule has 0 atom stereocenters. The van der Waals surface area contributed by atoms with E-state index in [2.05, 4.69) is 0 Å². The predicted molar refractivity (Wildman–Crippen MR) is 59.6 cm³/mol. The normalized spacial score (nSPS) is 9.20. The highest BCUT2D eigenvalue weighted by Gasteiger charge is 2.16. The van der Waals surface area contributed by atoms with E-state index in [1.54, 1.807) is 19.1 Å². The predicted octanol–water partition coefficient (Wildman–Crippen LogP) is 1.66. The van der Waals surface area contributed by atoms with E-state index in [4.69, 9.17) is 10.5 Å². The third-order valence-corrected chi connectivity index (χ3v) is 1.75. The first-order valence-corrected chi connectivity index (χ1v) is 4.23. The van der Waals surface area contributed by atoms with Gasteiger partial charge in [0.1, 0.15) is 6.61 Å². The molecule has 0 aliphatic heterocycles. The van der Waals surface area contributed by atoms with E-state index in [0.29, 0.717) is 12.3 Å². The van der Waals surface area contributed by atoms with Gasteiger partial charge in [0.25, 0.3) is 0 Å². The van der Waals surface area contributed by atoms with Gasteiger partial charge in [-0.25, -0.2) is 0 Å². The monoisotopic (exact) mass is 232 g/mol. The molecule has 0 aromatic heterocycles. The molecule has 2 N–H and O–H groups in total. The molecule has 5 nitrogen and oxygen atoms in total. The third kappa shape index (κ3) is 3.38. The summed E-state index contributed by atoms with van der Waals surface area (Å²) in [4.78, 5) is 10.2. The largest absolute Gasteiger partial charge is 0.485 e. The number of benzene rings is 1. The fourth-order valence-corrected chi connectivity index (χ4v) is 1.13. The minimum absolute atomic E-state index is 0. The average molecular weight is 233 g/mol. The summed E-state index contributed by atoms with van der Waals surface area (Å²) in [6, 6.07) is 4.81. The van der Waals surface area contributed by atoms with Crippen LogP contribution in [0.3, 0.4) is 0 Å². The Kier molecular flexibility index (Phi) is 5.66. The fraction of sp³-hybridized carbons (Fsp3) is 0.333. The van der Waals surface area contributed by atoms with E-state index in [0.717, 1.165) is 5.56 Å². The molecule has 0 unspecified atom stereocenters. The number of aryl methyl sites for hydroxylation is 1. The number of nitrogens with two attached hydrogens (primary N) is 1. The van der Waals surface area contributed by atoms with Crippen molar-refractivity contribution in [1.29, 1.82) is 0 Å². The Balaban J connectivity index is 0.00000196. The summed E-state index contributed by atoms with van der Waals surface area (Å²) in [5.41, 5.74) is 5.99. The second-order valence-electron chi connectivity index (χ2n) is 2.82. The molecule has 84 valence electrons. The number of halogens is 1. The molecular formula is C9H13ClN2O3. The minimum atomic E-state index is -0.459. The van der Waals surface area contributed by atoms with Crippen LogP contribution in [0.15, 0.2) is 18.2 Å². The SMILES string of the molecule is Cc1cccc([N+](=O)[O-])c1OCCN.Cl. The molecule has 0 heterocycles. The van der Waals surface area contributed by atoms with Crippen molar-refractivity contribution in [3.8, 4) is 5.75 Å².